The van der Waals surface area contributed by atoms with Crippen molar-refractivity contribution in [1.82, 2.24) is 4.90 Å². The number of hydrogen-bond acceptors (Lipinski definition) is 8. The maximum atomic E-state index is 12.3. The van der Waals surface area contributed by atoms with Gasteiger partial charge in [0.15, 0.2) is 11.5 Å². The molecule has 1 saturated carbocycles. The molecule has 1 unspecified atom stereocenters. The molecule has 2 bridgehead atoms. The van der Waals surface area contributed by atoms with Gasteiger partial charge in [-0.25, -0.2) is 0 Å². The minimum atomic E-state index is -1.02. The van der Waals surface area contributed by atoms with Gasteiger partial charge in [0.2, 0.25) is 0 Å². The highest BCUT2D eigenvalue weighted by atomic mass is 16.6. The van der Waals surface area contributed by atoms with Gasteiger partial charge in [0.1, 0.15) is 12.7 Å². The number of likely N-dealkylation sites (tertiary alicyclic amines) is 1. The first-order chi connectivity index (χ1) is 17.9. The van der Waals surface area contributed by atoms with Gasteiger partial charge in [-0.3, -0.25) is 4.90 Å². The van der Waals surface area contributed by atoms with Crippen molar-refractivity contribution in [2.24, 2.45) is 5.92 Å². The fourth-order valence-corrected chi connectivity index (χ4v) is 7.11. The maximum absolute atomic E-state index is 12.3. The SMILES string of the molecule is CCC(O)[C@@H]1Oc2c(OCCOCCOCCOC)ccc3c2[C@@]12CCN(CC1CCC1)[C@H](C3)[C@@]2(C)O. The molecule has 5 atom stereocenters. The van der Waals surface area contributed by atoms with Crippen LogP contribution in [0.4, 0.5) is 0 Å². The molecule has 0 amide bonds. The Labute approximate surface area is 221 Å². The smallest absolute Gasteiger partial charge is 0.166 e. The van der Waals surface area contributed by atoms with Crippen LogP contribution >= 0.6 is 0 Å². The normalized spacial score (nSPS) is 31.5. The molecule has 0 aromatic heterocycles. The number of aliphatic hydroxyl groups excluding tert-OH is 1. The van der Waals surface area contributed by atoms with Crippen LogP contribution in [-0.2, 0) is 26.0 Å². The molecule has 2 N–H and O–H groups in total. The fraction of sp³-hybridized carbons (Fsp3) is 0.793. The van der Waals surface area contributed by atoms with Crippen LogP contribution in [0.2, 0.25) is 0 Å². The molecule has 1 aromatic carbocycles. The van der Waals surface area contributed by atoms with Crippen LogP contribution in [-0.4, -0.2) is 98.8 Å². The zero-order valence-corrected chi connectivity index (χ0v) is 22.7. The van der Waals surface area contributed by atoms with Crippen molar-refractivity contribution in [2.45, 2.75) is 81.6 Å². The summed E-state index contributed by atoms with van der Waals surface area (Å²) in [5, 5.41) is 23.5. The quantitative estimate of drug-likeness (QED) is 0.363. The van der Waals surface area contributed by atoms with Crippen LogP contribution in [0.15, 0.2) is 12.1 Å². The van der Waals surface area contributed by atoms with E-state index in [0.717, 1.165) is 37.4 Å². The summed E-state index contributed by atoms with van der Waals surface area (Å²) >= 11 is 0. The molecule has 5 rings (SSSR count). The second-order valence-corrected chi connectivity index (χ2v) is 11.4. The van der Waals surface area contributed by atoms with Crippen molar-refractivity contribution in [3.05, 3.63) is 23.3 Å². The van der Waals surface area contributed by atoms with E-state index in [2.05, 4.69) is 11.0 Å². The molecular formula is C29H45NO7. The number of aliphatic hydroxyl groups is 2. The van der Waals surface area contributed by atoms with Gasteiger partial charge < -0.3 is 33.9 Å². The van der Waals surface area contributed by atoms with Gasteiger partial charge in [0.05, 0.1) is 50.2 Å². The first-order valence-electron chi connectivity index (χ1n) is 14.2. The predicted octanol–water partition coefficient (Wildman–Crippen LogP) is 2.70. The maximum Gasteiger partial charge on any atom is 0.166 e. The summed E-state index contributed by atoms with van der Waals surface area (Å²) in [6.07, 6.45) is 4.86. The van der Waals surface area contributed by atoms with E-state index in [9.17, 15) is 10.2 Å². The first kappa shape index (κ1) is 27.2. The van der Waals surface area contributed by atoms with Gasteiger partial charge in [0.25, 0.3) is 0 Å². The summed E-state index contributed by atoms with van der Waals surface area (Å²) in [6.45, 7) is 8.90. The summed E-state index contributed by atoms with van der Waals surface area (Å²) in [7, 11) is 1.65. The molecule has 208 valence electrons. The number of rotatable bonds is 14. The monoisotopic (exact) mass is 519 g/mol. The molecule has 2 heterocycles. The van der Waals surface area contributed by atoms with E-state index in [1.54, 1.807) is 7.11 Å². The zero-order valence-electron chi connectivity index (χ0n) is 22.7. The van der Waals surface area contributed by atoms with Gasteiger partial charge in [0, 0.05) is 25.3 Å². The minimum absolute atomic E-state index is 0.0155. The Bertz CT molecular complexity index is 920. The summed E-state index contributed by atoms with van der Waals surface area (Å²) in [5.74, 6) is 2.10. The van der Waals surface area contributed by atoms with Gasteiger partial charge in [-0.05, 0) is 63.1 Å². The Balaban J connectivity index is 1.33. The highest BCUT2D eigenvalue weighted by molar-refractivity contribution is 5.62. The Morgan fingerprint density at radius 3 is 2.51 bits per heavy atom. The van der Waals surface area contributed by atoms with Crippen molar-refractivity contribution in [1.29, 1.82) is 0 Å². The van der Waals surface area contributed by atoms with Crippen LogP contribution in [0.25, 0.3) is 0 Å². The molecular weight excluding hydrogens is 474 g/mol. The molecule has 2 aliphatic heterocycles. The standard InChI is InChI=1S/C29H45NO7/c1-4-22(31)27-29-10-11-30(19-20-6-5-7-20)24(28(29,2)32)18-21-8-9-23(26(37-27)25(21)29)36-17-16-35-15-14-34-13-12-33-3/h8-9,20,22,24,27,31-32H,4-7,10-19H2,1-3H3/t22?,24-,27+,28-,29+/m1/s1. The van der Waals surface area contributed by atoms with E-state index in [1.807, 2.05) is 19.9 Å². The Morgan fingerprint density at radius 1 is 1.11 bits per heavy atom. The minimum Gasteiger partial charge on any atom is -0.487 e. The third kappa shape index (κ3) is 4.79. The number of benzene rings is 1. The second kappa shape index (κ2) is 11.4. The average molecular weight is 520 g/mol. The van der Waals surface area contributed by atoms with E-state index in [-0.39, 0.29) is 6.04 Å². The number of piperidine rings is 1. The Kier molecular flexibility index (Phi) is 8.34. The van der Waals surface area contributed by atoms with Crippen molar-refractivity contribution in [3.8, 4) is 11.5 Å². The van der Waals surface area contributed by atoms with Gasteiger partial charge >= 0.3 is 0 Å². The first-order valence-corrected chi connectivity index (χ1v) is 14.2. The lowest BCUT2D eigenvalue weighted by molar-refractivity contribution is -0.172. The summed E-state index contributed by atoms with van der Waals surface area (Å²) < 4.78 is 28.8. The molecule has 2 fully saturated rings. The van der Waals surface area contributed by atoms with Crippen LogP contribution in [0.3, 0.4) is 0 Å². The zero-order chi connectivity index (χ0) is 26.0. The molecule has 1 spiro atoms. The summed E-state index contributed by atoms with van der Waals surface area (Å²) in [5.41, 5.74) is 0.604. The van der Waals surface area contributed by atoms with Crippen LogP contribution < -0.4 is 9.47 Å². The number of methoxy groups -OCH3 is 1. The lowest BCUT2D eigenvalue weighted by atomic mass is 9.52. The number of nitrogens with zero attached hydrogens (tertiary/aromatic N) is 1. The molecule has 1 aromatic rings. The van der Waals surface area contributed by atoms with Crippen LogP contribution in [0.5, 0.6) is 11.5 Å². The molecule has 4 aliphatic rings. The average Bonchev–Trinajstić information content (AvgIpc) is 3.21. The highest BCUT2D eigenvalue weighted by Crippen LogP contribution is 2.62. The van der Waals surface area contributed by atoms with E-state index < -0.39 is 23.2 Å². The molecule has 37 heavy (non-hydrogen) atoms. The predicted molar refractivity (Wildman–Crippen MR) is 139 cm³/mol. The summed E-state index contributed by atoms with van der Waals surface area (Å²) in [6, 6.07) is 4.15. The number of fused-ring (bicyclic) bond motifs is 1. The summed E-state index contributed by atoms with van der Waals surface area (Å²) in [4.78, 5) is 2.52. The Hall–Kier alpha value is -1.42. The van der Waals surface area contributed by atoms with E-state index in [0.29, 0.717) is 57.6 Å². The third-order valence-corrected chi connectivity index (χ3v) is 9.36. The van der Waals surface area contributed by atoms with Crippen LogP contribution in [0.1, 0.15) is 57.1 Å². The van der Waals surface area contributed by atoms with Gasteiger partial charge in [-0.15, -0.1) is 0 Å². The van der Waals surface area contributed by atoms with Crippen LogP contribution in [0, 0.1) is 5.92 Å². The largest absolute Gasteiger partial charge is 0.487 e. The van der Waals surface area contributed by atoms with Crippen molar-refractivity contribution < 1.29 is 33.9 Å². The van der Waals surface area contributed by atoms with Crippen molar-refractivity contribution in [3.63, 3.8) is 0 Å². The van der Waals surface area contributed by atoms with Gasteiger partial charge in [-0.1, -0.05) is 19.4 Å². The Morgan fingerprint density at radius 2 is 1.84 bits per heavy atom. The second-order valence-electron chi connectivity index (χ2n) is 11.4. The molecule has 8 heteroatoms. The van der Waals surface area contributed by atoms with Crippen molar-refractivity contribution >= 4 is 0 Å². The van der Waals surface area contributed by atoms with Crippen molar-refractivity contribution in [2.75, 3.05) is 59.8 Å². The fourth-order valence-electron chi connectivity index (χ4n) is 7.11. The molecule has 1 saturated heterocycles. The third-order valence-electron chi connectivity index (χ3n) is 9.36. The number of hydrogen-bond donors (Lipinski definition) is 2. The van der Waals surface area contributed by atoms with E-state index in [4.69, 9.17) is 23.7 Å². The van der Waals surface area contributed by atoms with Gasteiger partial charge in [-0.2, -0.15) is 0 Å². The molecule has 0 radical (unpaired) electrons. The lowest BCUT2D eigenvalue weighted by Crippen LogP contribution is -2.74. The van der Waals surface area contributed by atoms with E-state index in [1.165, 1.54) is 24.8 Å². The topological polar surface area (TPSA) is 89.9 Å². The molecule has 2 aliphatic carbocycles. The lowest BCUT2D eigenvalue weighted by Gasteiger charge is -2.60. The highest BCUT2D eigenvalue weighted by Gasteiger charge is 2.69. The van der Waals surface area contributed by atoms with E-state index >= 15 is 0 Å². The number of ether oxygens (including phenoxy) is 5. The molecule has 8 nitrogen and oxygen atoms in total.